The molecule has 0 spiro atoms. The summed E-state index contributed by atoms with van der Waals surface area (Å²) in [4.78, 5) is 27.7. The van der Waals surface area contributed by atoms with Gasteiger partial charge in [0.1, 0.15) is 17.3 Å². The Kier molecular flexibility index (Phi) is 9.47. The third-order valence-electron chi connectivity index (χ3n) is 6.47. The van der Waals surface area contributed by atoms with E-state index in [-0.39, 0.29) is 42.6 Å². The number of methoxy groups -OCH3 is 1. The van der Waals surface area contributed by atoms with E-state index in [9.17, 15) is 18.0 Å². The first kappa shape index (κ1) is 30.9. The van der Waals surface area contributed by atoms with Crippen molar-refractivity contribution in [3.8, 4) is 11.5 Å². The molecule has 0 saturated heterocycles. The molecule has 0 saturated carbocycles. The van der Waals surface area contributed by atoms with E-state index >= 15 is 0 Å². The second-order valence-corrected chi connectivity index (χ2v) is 12.4. The third kappa shape index (κ3) is 7.11. The van der Waals surface area contributed by atoms with E-state index in [0.29, 0.717) is 47.0 Å². The number of hydrogen-bond acceptors (Lipinski definition) is 8. The minimum absolute atomic E-state index is 0.0439. The zero-order chi connectivity index (χ0) is 29.8. The number of carbonyl (C=O) groups is 2. The lowest BCUT2D eigenvalue weighted by molar-refractivity contribution is 0.0953. The summed E-state index contributed by atoms with van der Waals surface area (Å²) in [6, 6.07) is 6.91. The van der Waals surface area contributed by atoms with Crippen molar-refractivity contribution in [1.29, 1.82) is 5.41 Å². The van der Waals surface area contributed by atoms with Gasteiger partial charge in [0.15, 0.2) is 5.78 Å². The predicted molar refractivity (Wildman–Crippen MR) is 156 cm³/mol. The maximum absolute atomic E-state index is 13.6. The quantitative estimate of drug-likeness (QED) is 0.224. The van der Waals surface area contributed by atoms with Crippen LogP contribution in [0.1, 0.15) is 65.1 Å². The Balaban J connectivity index is 1.90. The molecule has 2 aromatic rings. The molecule has 0 aliphatic carbocycles. The van der Waals surface area contributed by atoms with Gasteiger partial charge in [0.25, 0.3) is 5.91 Å². The zero-order valence-electron chi connectivity index (χ0n) is 24.1. The van der Waals surface area contributed by atoms with E-state index in [1.54, 1.807) is 30.2 Å². The Morgan fingerprint density at radius 2 is 1.82 bits per heavy atom. The number of carbonyl (C=O) groups excluding carboxylic acids is 2. The van der Waals surface area contributed by atoms with Crippen LogP contribution >= 0.6 is 0 Å². The summed E-state index contributed by atoms with van der Waals surface area (Å²) >= 11 is 0. The van der Waals surface area contributed by atoms with Gasteiger partial charge in [-0.05, 0) is 42.2 Å². The van der Waals surface area contributed by atoms with E-state index < -0.39 is 10.0 Å². The number of nitrogens with one attached hydrogen (secondary N) is 4. The number of nitrogens with zero attached hydrogens (tertiary/aromatic N) is 1. The Hall–Kier alpha value is -3.64. The van der Waals surface area contributed by atoms with Gasteiger partial charge in [0.2, 0.25) is 10.0 Å². The Morgan fingerprint density at radius 1 is 1.12 bits per heavy atom. The molecule has 4 N–H and O–H groups in total. The summed E-state index contributed by atoms with van der Waals surface area (Å²) in [5.74, 6) is 0.668. The van der Waals surface area contributed by atoms with E-state index in [0.717, 1.165) is 17.4 Å². The van der Waals surface area contributed by atoms with Crippen LogP contribution in [0.5, 0.6) is 11.5 Å². The van der Waals surface area contributed by atoms with Gasteiger partial charge < -0.3 is 25.0 Å². The molecule has 1 aliphatic heterocycles. The van der Waals surface area contributed by atoms with E-state index in [4.69, 9.17) is 14.9 Å². The molecular formula is C28H39N5O6S. The fourth-order valence-electron chi connectivity index (χ4n) is 4.55. The monoisotopic (exact) mass is 573 g/mol. The van der Waals surface area contributed by atoms with Crippen molar-refractivity contribution in [2.75, 3.05) is 52.0 Å². The van der Waals surface area contributed by atoms with Crippen molar-refractivity contribution < 1.29 is 27.5 Å². The van der Waals surface area contributed by atoms with Gasteiger partial charge in [0, 0.05) is 43.4 Å². The summed E-state index contributed by atoms with van der Waals surface area (Å²) in [5.41, 5.74) is 3.20. The second-order valence-electron chi connectivity index (χ2n) is 10.6. The molecule has 0 aromatic heterocycles. The standard InChI is InChI=1S/C28H39N5O6S/c1-8-39-24-13-18-15-33(26(29)19(18)14-20(24)27(35)30-5)16-23(34)17-11-21(28(2,3)4)25(38-6)22(12-17)31-9-10-32-40(7,36)37/h11-14,29,31-32H,8-10,15-16H2,1-7H3,(H,30,35). The lowest BCUT2D eigenvalue weighted by Gasteiger charge is -2.26. The van der Waals surface area contributed by atoms with Crippen LogP contribution in [-0.4, -0.2) is 77.5 Å². The molecule has 3 rings (SSSR count). The normalized spacial score (nSPS) is 13.2. The van der Waals surface area contributed by atoms with Gasteiger partial charge in [-0.15, -0.1) is 0 Å². The number of fused-ring (bicyclic) bond motifs is 1. The molecule has 1 heterocycles. The summed E-state index contributed by atoms with van der Waals surface area (Å²) in [5, 5.41) is 14.5. The highest BCUT2D eigenvalue weighted by Crippen LogP contribution is 2.39. The first-order valence-corrected chi connectivity index (χ1v) is 14.9. The molecular weight excluding hydrogens is 534 g/mol. The van der Waals surface area contributed by atoms with Crippen LogP contribution in [0.2, 0.25) is 0 Å². The third-order valence-corrected chi connectivity index (χ3v) is 7.20. The van der Waals surface area contributed by atoms with E-state index in [2.05, 4.69) is 15.4 Å². The number of sulfonamides is 1. The lowest BCUT2D eigenvalue weighted by Crippen LogP contribution is -2.31. The fourth-order valence-corrected chi connectivity index (χ4v) is 5.02. The summed E-state index contributed by atoms with van der Waals surface area (Å²) in [6.07, 6.45) is 1.09. The number of amidine groups is 1. The Morgan fingerprint density at radius 3 is 2.40 bits per heavy atom. The number of amides is 1. The molecule has 11 nitrogen and oxygen atoms in total. The molecule has 0 atom stereocenters. The molecule has 0 unspecified atom stereocenters. The van der Waals surface area contributed by atoms with Crippen LogP contribution in [0.3, 0.4) is 0 Å². The minimum atomic E-state index is -3.33. The van der Waals surface area contributed by atoms with Gasteiger partial charge in [-0.25, -0.2) is 13.1 Å². The van der Waals surface area contributed by atoms with Crippen LogP contribution in [0, 0.1) is 5.41 Å². The first-order valence-electron chi connectivity index (χ1n) is 13.0. The van der Waals surface area contributed by atoms with E-state index in [1.165, 1.54) is 7.05 Å². The maximum Gasteiger partial charge on any atom is 0.254 e. The average Bonchev–Trinajstić information content (AvgIpc) is 3.17. The number of Topliss-reactive ketones (excluding diaryl/α,β-unsaturated/α-hetero) is 1. The van der Waals surface area contributed by atoms with Crippen LogP contribution in [0.4, 0.5) is 5.69 Å². The largest absolute Gasteiger partial charge is 0.494 e. The molecule has 0 bridgehead atoms. The molecule has 12 heteroatoms. The number of hydrogen-bond donors (Lipinski definition) is 4. The second kappa shape index (κ2) is 12.3. The highest BCUT2D eigenvalue weighted by molar-refractivity contribution is 7.88. The van der Waals surface area contributed by atoms with Crippen LogP contribution in [0.15, 0.2) is 24.3 Å². The first-order chi connectivity index (χ1) is 18.7. The molecule has 0 radical (unpaired) electrons. The van der Waals surface area contributed by atoms with Crippen LogP contribution in [-0.2, 0) is 22.0 Å². The lowest BCUT2D eigenvalue weighted by atomic mass is 9.84. The highest BCUT2D eigenvalue weighted by Gasteiger charge is 2.30. The summed E-state index contributed by atoms with van der Waals surface area (Å²) < 4.78 is 36.7. The number of ketones is 1. The number of anilines is 1. The Labute approximate surface area is 236 Å². The highest BCUT2D eigenvalue weighted by atomic mass is 32.2. The van der Waals surface area contributed by atoms with Crippen molar-refractivity contribution in [3.05, 3.63) is 52.1 Å². The van der Waals surface area contributed by atoms with Crippen molar-refractivity contribution in [2.45, 2.75) is 39.7 Å². The van der Waals surface area contributed by atoms with Crippen molar-refractivity contribution >= 4 is 33.2 Å². The molecule has 1 amide bonds. The smallest absolute Gasteiger partial charge is 0.254 e. The molecule has 40 heavy (non-hydrogen) atoms. The summed E-state index contributed by atoms with van der Waals surface area (Å²) in [6.45, 7) is 9.00. The predicted octanol–water partition coefficient (Wildman–Crippen LogP) is 2.74. The summed E-state index contributed by atoms with van der Waals surface area (Å²) in [7, 11) is -0.246. The number of benzene rings is 2. The number of ether oxygens (including phenoxy) is 2. The van der Waals surface area contributed by atoms with Crippen LogP contribution < -0.4 is 24.8 Å². The van der Waals surface area contributed by atoms with Gasteiger partial charge in [0.05, 0.1) is 37.8 Å². The SMILES string of the molecule is CCOc1cc2c(cc1C(=O)NC)C(=N)N(CC(=O)c1cc(NCCNS(C)(=O)=O)c(OC)c(C(C)(C)C)c1)C2. The van der Waals surface area contributed by atoms with Crippen LogP contribution in [0.25, 0.3) is 0 Å². The van der Waals surface area contributed by atoms with E-state index in [1.807, 2.05) is 33.8 Å². The zero-order valence-corrected chi connectivity index (χ0v) is 25.0. The fraction of sp³-hybridized carbons (Fsp3) is 0.464. The molecule has 1 aliphatic rings. The molecule has 218 valence electrons. The van der Waals surface area contributed by atoms with Gasteiger partial charge >= 0.3 is 0 Å². The van der Waals surface area contributed by atoms with Crippen molar-refractivity contribution in [3.63, 3.8) is 0 Å². The van der Waals surface area contributed by atoms with Crippen molar-refractivity contribution in [1.82, 2.24) is 14.9 Å². The Bertz CT molecular complexity index is 1420. The topological polar surface area (TPSA) is 150 Å². The van der Waals surface area contributed by atoms with Gasteiger partial charge in [-0.2, -0.15) is 0 Å². The molecule has 0 fully saturated rings. The number of rotatable bonds is 12. The molecule has 2 aromatic carbocycles. The van der Waals surface area contributed by atoms with Gasteiger partial charge in [-0.1, -0.05) is 20.8 Å². The minimum Gasteiger partial charge on any atom is -0.494 e. The van der Waals surface area contributed by atoms with Gasteiger partial charge in [-0.3, -0.25) is 15.0 Å². The van der Waals surface area contributed by atoms with Crippen molar-refractivity contribution in [2.24, 2.45) is 0 Å². The maximum atomic E-state index is 13.6. The average molecular weight is 574 g/mol.